The van der Waals surface area contributed by atoms with Crippen LogP contribution in [0.5, 0.6) is 11.5 Å². The minimum atomic E-state index is 0. The van der Waals surface area contributed by atoms with E-state index in [0.717, 1.165) is 106 Å². The molecule has 0 saturated carbocycles. The number of hydrogen-bond donors (Lipinski definition) is 0. The third-order valence-electron chi connectivity index (χ3n) is 13.5. The predicted molar refractivity (Wildman–Crippen MR) is 278 cm³/mol. The number of aromatic nitrogens is 4. The van der Waals surface area contributed by atoms with Gasteiger partial charge in [-0.15, -0.1) is 37.0 Å². The van der Waals surface area contributed by atoms with E-state index in [1.807, 2.05) is 71.3 Å². The van der Waals surface area contributed by atoms with Crippen molar-refractivity contribution in [3.63, 3.8) is 0 Å². The number of pyridine rings is 1. The van der Waals surface area contributed by atoms with Crippen molar-refractivity contribution in [2.75, 3.05) is 9.80 Å². The van der Waals surface area contributed by atoms with E-state index >= 15 is 0 Å². The van der Waals surface area contributed by atoms with Crippen LogP contribution >= 0.6 is 0 Å². The number of ether oxygens (including phenoxy) is 1. The monoisotopic (exact) mass is 1090 g/mol. The van der Waals surface area contributed by atoms with E-state index in [0.29, 0.717) is 28.5 Å². The molecule has 0 atom stereocenters. The van der Waals surface area contributed by atoms with Crippen LogP contribution in [-0.2, 0) is 21.1 Å². The van der Waals surface area contributed by atoms with Crippen molar-refractivity contribution in [2.24, 2.45) is 0 Å². The fourth-order valence-electron chi connectivity index (χ4n) is 10.4. The summed E-state index contributed by atoms with van der Waals surface area (Å²) in [7, 11) is 0. The molecule has 0 saturated heterocycles. The summed E-state index contributed by atoms with van der Waals surface area (Å²) < 4.78 is 24.6. The molecular weight excluding hydrogens is 1060 g/mol. The van der Waals surface area contributed by atoms with Crippen LogP contribution in [0.4, 0.5) is 22.7 Å². The average molecular weight is 1100 g/mol. The summed E-state index contributed by atoms with van der Waals surface area (Å²) in [6.45, 7) is 2.17. The minimum Gasteiger partial charge on any atom is -0.511 e. The largest absolute Gasteiger partial charge is 0.511 e. The molecule has 9 nitrogen and oxygen atoms in total. The molecule has 5 aromatic heterocycles. The Hall–Kier alpha value is -8.91. The van der Waals surface area contributed by atoms with E-state index in [9.17, 15) is 0 Å². The van der Waals surface area contributed by atoms with Gasteiger partial charge in [0, 0.05) is 72.0 Å². The number of furan rings is 2. The molecule has 10 heteroatoms. The number of rotatable bonds is 7. The van der Waals surface area contributed by atoms with Crippen molar-refractivity contribution < 1.29 is 34.6 Å². The third kappa shape index (κ3) is 6.29. The molecule has 0 spiro atoms. The molecule has 9 aromatic carbocycles. The van der Waals surface area contributed by atoms with E-state index in [2.05, 4.69) is 166 Å². The number of hydrogen-bond acceptors (Lipinski definition) is 7. The molecule has 14 aromatic rings. The van der Waals surface area contributed by atoms with Crippen LogP contribution in [0.1, 0.15) is 0 Å². The molecule has 0 amide bonds. The molecular formula is C61H35N6O3Pt-3. The number of benzene rings is 9. The van der Waals surface area contributed by atoms with Crippen LogP contribution in [-0.4, -0.2) is 18.9 Å². The first kappa shape index (κ1) is 41.1. The number of fused-ring (bicyclic) bond motifs is 13. The first-order valence-corrected chi connectivity index (χ1v) is 23.1. The second-order valence-corrected chi connectivity index (χ2v) is 17.4. The van der Waals surface area contributed by atoms with Crippen LogP contribution < -0.4 is 14.5 Å². The van der Waals surface area contributed by atoms with Crippen LogP contribution in [0.25, 0.3) is 99.8 Å². The van der Waals surface area contributed by atoms with Gasteiger partial charge in [0.25, 0.3) is 0 Å². The van der Waals surface area contributed by atoms with Gasteiger partial charge in [0.2, 0.25) is 5.78 Å². The topological polar surface area (TPSA) is 77.1 Å². The van der Waals surface area contributed by atoms with Gasteiger partial charge in [-0.3, -0.25) is 4.57 Å². The molecule has 6 heterocycles. The van der Waals surface area contributed by atoms with E-state index < -0.39 is 0 Å². The van der Waals surface area contributed by atoms with Crippen molar-refractivity contribution in [1.29, 1.82) is 0 Å². The maximum atomic E-state index is 7.07. The molecule has 1 aliphatic rings. The Morgan fingerprint density at radius 2 is 1.25 bits per heavy atom. The summed E-state index contributed by atoms with van der Waals surface area (Å²) in [5, 5.41) is 3.68. The van der Waals surface area contributed by atoms with Gasteiger partial charge >= 0.3 is 0 Å². The molecule has 0 aliphatic carbocycles. The second kappa shape index (κ2) is 16.1. The maximum Gasteiger partial charge on any atom is 0.208 e. The Morgan fingerprint density at radius 3 is 2.04 bits per heavy atom. The minimum absolute atomic E-state index is 0. The molecule has 0 bridgehead atoms. The summed E-state index contributed by atoms with van der Waals surface area (Å²) in [6, 6.07) is 75.9. The zero-order valence-corrected chi connectivity index (χ0v) is 39.7. The quantitative estimate of drug-likeness (QED) is 0.147. The summed E-state index contributed by atoms with van der Waals surface area (Å²) in [6.07, 6.45) is 1.79. The van der Waals surface area contributed by atoms with Gasteiger partial charge in [-0.2, -0.15) is 0 Å². The van der Waals surface area contributed by atoms with E-state index in [1.165, 1.54) is 0 Å². The number of para-hydroxylation sites is 6. The number of imidazole rings is 2. The van der Waals surface area contributed by atoms with E-state index in [4.69, 9.17) is 23.5 Å². The summed E-state index contributed by atoms with van der Waals surface area (Å²) in [4.78, 5) is 14.3. The molecule has 71 heavy (non-hydrogen) atoms. The normalized spacial score (nSPS) is 12.6. The Labute approximate surface area is 420 Å². The summed E-state index contributed by atoms with van der Waals surface area (Å²) >= 11 is 0. The summed E-state index contributed by atoms with van der Waals surface area (Å²) in [5.41, 5.74) is 14.6. The Bertz CT molecular complexity index is 4330. The predicted octanol–water partition coefficient (Wildman–Crippen LogP) is 15.8. The molecule has 0 N–H and O–H groups in total. The standard InChI is InChI=1S/C61H35N6O3.Pt/c1-3-16-38(17-4-1)42-21-15-22-43(39-18-5-2-6-19-39)58(42)65-37-64(49-25-10-11-26-50(49)65)40-34-46-44-30-32-54-57(45-20-7-12-27-53(45)69-54)60(44)70-59(46)55(35-40)68-41-29-31-51-52(36-41)67(56-28-13-14-33-62-56)61-63-47-23-8-9-24-48(47)66(51)61;/h1-34,37H;/q-3;. The number of anilines is 4. The molecule has 340 valence electrons. The fourth-order valence-corrected chi connectivity index (χ4v) is 10.4. The van der Waals surface area contributed by atoms with E-state index in [-0.39, 0.29) is 21.1 Å². The van der Waals surface area contributed by atoms with Crippen molar-refractivity contribution in [1.82, 2.24) is 18.9 Å². The van der Waals surface area contributed by atoms with Crippen LogP contribution in [0.3, 0.4) is 0 Å². The second-order valence-electron chi connectivity index (χ2n) is 17.4. The zero-order chi connectivity index (χ0) is 45.9. The zero-order valence-electron chi connectivity index (χ0n) is 37.4. The Kier molecular flexibility index (Phi) is 9.31. The summed E-state index contributed by atoms with van der Waals surface area (Å²) in [5.74, 6) is 2.32. The average Bonchev–Trinajstić information content (AvgIpc) is 4.24. The Balaban J connectivity index is 0.00000470. The van der Waals surface area contributed by atoms with Gasteiger partial charge in [0.15, 0.2) is 0 Å². The number of nitrogens with zero attached hydrogens (tertiary/aromatic N) is 6. The van der Waals surface area contributed by atoms with Crippen molar-refractivity contribution in [3.8, 4) is 39.6 Å². The third-order valence-corrected chi connectivity index (χ3v) is 13.5. The van der Waals surface area contributed by atoms with Crippen molar-refractivity contribution >= 4 is 94.5 Å². The van der Waals surface area contributed by atoms with Gasteiger partial charge in [0.1, 0.15) is 22.6 Å². The van der Waals surface area contributed by atoms with Crippen LogP contribution in [0.15, 0.2) is 215 Å². The molecule has 0 radical (unpaired) electrons. The molecule has 1 aliphatic heterocycles. The van der Waals surface area contributed by atoms with Gasteiger partial charge in [-0.05, 0) is 76.8 Å². The van der Waals surface area contributed by atoms with Gasteiger partial charge in [0.05, 0.1) is 27.8 Å². The fraction of sp³-hybridized carbons (Fsp3) is 0. The van der Waals surface area contributed by atoms with Crippen molar-refractivity contribution in [3.05, 3.63) is 225 Å². The van der Waals surface area contributed by atoms with Crippen molar-refractivity contribution in [2.45, 2.75) is 0 Å². The van der Waals surface area contributed by atoms with Crippen LogP contribution in [0, 0.1) is 18.8 Å². The van der Waals surface area contributed by atoms with Gasteiger partial charge in [-0.25, -0.2) is 9.97 Å². The SMILES string of the molecule is [Pt].[c-]1c(N2[CH-]N(c3c(-c4ccccc4)cccc3-c3ccccc3)c3ccccc32)cc2c(oc3c2ccc2oc4ccccc4c23)c1Oc1[c-]c2c(cc1)n1c3ccccc3nc1n2-c1ccccn1. The molecule has 15 rings (SSSR count). The maximum absolute atomic E-state index is 7.07. The smallest absolute Gasteiger partial charge is 0.208 e. The van der Waals surface area contributed by atoms with Gasteiger partial charge in [-0.1, -0.05) is 138 Å². The molecule has 0 unspecified atom stereocenters. The van der Waals surface area contributed by atoms with Crippen LogP contribution in [0.2, 0.25) is 0 Å². The van der Waals surface area contributed by atoms with E-state index in [1.54, 1.807) is 6.20 Å². The Morgan fingerprint density at radius 1 is 0.535 bits per heavy atom. The van der Waals surface area contributed by atoms with Gasteiger partial charge < -0.3 is 27.8 Å². The first-order chi connectivity index (χ1) is 34.7. The molecule has 0 fully saturated rings. The first-order valence-electron chi connectivity index (χ1n) is 23.1.